The van der Waals surface area contributed by atoms with Crippen LogP contribution >= 0.6 is 0 Å². The number of hydrogen-bond acceptors (Lipinski definition) is 10. The fourth-order valence-electron chi connectivity index (χ4n) is 2.75. The first-order chi connectivity index (χ1) is 12.1. The molecule has 0 aliphatic carbocycles. The predicted molar refractivity (Wildman–Crippen MR) is 85.4 cm³/mol. The third-order valence-corrected chi connectivity index (χ3v) is 4.38. The number of anilines is 1. The van der Waals surface area contributed by atoms with Crippen molar-refractivity contribution in [2.24, 2.45) is 10.9 Å². The normalized spacial score (nSPS) is 26.4. The van der Waals surface area contributed by atoms with E-state index in [-0.39, 0.29) is 22.4 Å². The van der Waals surface area contributed by atoms with Crippen LogP contribution in [0.5, 0.6) is 0 Å². The van der Waals surface area contributed by atoms with Gasteiger partial charge >= 0.3 is 10.3 Å². The molecule has 1 saturated heterocycles. The molecule has 1 amide bonds. The van der Waals surface area contributed by atoms with Crippen LogP contribution in [0.25, 0.3) is 11.0 Å². The summed E-state index contributed by atoms with van der Waals surface area (Å²) in [5, 5.41) is 25.2. The Morgan fingerprint density at radius 2 is 2.04 bits per heavy atom. The molecular weight excluding hydrogens is 372 g/mol. The average Bonchev–Trinajstić information content (AvgIpc) is 3.06. The Hall–Kier alpha value is -2.36. The van der Waals surface area contributed by atoms with E-state index in [2.05, 4.69) is 14.2 Å². The standard InChI is InChI=1S/C12H16N6O7S/c13-9-6-4(10(14)21)1-18(11(6)17-3-16-9)12-8(20)7(19)5(25-12)2-24-26(15,22)23/h1,3,5,7-8,12,19-20H,2H2,(H2,14,21)(H2,13,16,17)(H2,15,22,23)/t5-,7-,8-,12-/m1/s1. The molecule has 0 bridgehead atoms. The summed E-state index contributed by atoms with van der Waals surface area (Å²) in [6, 6.07) is 0. The highest BCUT2D eigenvalue weighted by Crippen LogP contribution is 2.34. The van der Waals surface area contributed by atoms with Crippen LogP contribution in [-0.4, -0.2) is 64.0 Å². The fraction of sp³-hybridized carbons (Fsp3) is 0.417. The van der Waals surface area contributed by atoms with Gasteiger partial charge in [0.05, 0.1) is 17.6 Å². The number of carbonyl (C=O) groups excluding carboxylic acids is 1. The van der Waals surface area contributed by atoms with Gasteiger partial charge in [-0.2, -0.15) is 8.42 Å². The van der Waals surface area contributed by atoms with Crippen LogP contribution in [0.2, 0.25) is 0 Å². The molecule has 0 unspecified atom stereocenters. The molecule has 2 aromatic heterocycles. The van der Waals surface area contributed by atoms with Gasteiger partial charge in [0, 0.05) is 6.20 Å². The highest BCUT2D eigenvalue weighted by Gasteiger charge is 2.45. The molecule has 8 N–H and O–H groups in total. The lowest BCUT2D eigenvalue weighted by Crippen LogP contribution is -2.35. The maximum Gasteiger partial charge on any atom is 0.333 e. The summed E-state index contributed by atoms with van der Waals surface area (Å²) in [5.74, 6) is -0.818. The number of ether oxygens (including phenoxy) is 1. The SMILES string of the molecule is NC(=O)c1cn([C@@H]2O[C@H](COS(N)(=O)=O)[C@@H](O)[C@H]2O)c2ncnc(N)c12. The molecule has 0 spiro atoms. The van der Waals surface area contributed by atoms with Gasteiger partial charge in [-0.15, -0.1) is 0 Å². The highest BCUT2D eigenvalue weighted by molar-refractivity contribution is 7.84. The summed E-state index contributed by atoms with van der Waals surface area (Å²) in [7, 11) is -4.26. The number of primary amides is 1. The van der Waals surface area contributed by atoms with E-state index < -0.39 is 47.4 Å². The Morgan fingerprint density at radius 3 is 2.65 bits per heavy atom. The molecular formula is C12H16N6O7S. The summed E-state index contributed by atoms with van der Waals surface area (Å²) >= 11 is 0. The quantitative estimate of drug-likeness (QED) is 0.348. The van der Waals surface area contributed by atoms with Crippen molar-refractivity contribution in [2.75, 3.05) is 12.3 Å². The number of carbonyl (C=O) groups is 1. The third kappa shape index (κ3) is 3.20. The number of aliphatic hydroxyl groups excluding tert-OH is 2. The van der Waals surface area contributed by atoms with E-state index in [4.69, 9.17) is 21.3 Å². The van der Waals surface area contributed by atoms with Crippen molar-refractivity contribution >= 4 is 33.1 Å². The number of hydrogen-bond donors (Lipinski definition) is 5. The van der Waals surface area contributed by atoms with Gasteiger partial charge in [0.15, 0.2) is 6.23 Å². The highest BCUT2D eigenvalue weighted by atomic mass is 32.2. The second-order valence-electron chi connectivity index (χ2n) is 5.60. The smallest absolute Gasteiger partial charge is 0.333 e. The van der Waals surface area contributed by atoms with Gasteiger partial charge in [0.1, 0.15) is 36.1 Å². The second kappa shape index (κ2) is 6.42. The molecule has 1 aliphatic heterocycles. The Morgan fingerprint density at radius 1 is 1.35 bits per heavy atom. The third-order valence-electron chi connectivity index (χ3n) is 3.91. The van der Waals surface area contributed by atoms with Crippen molar-refractivity contribution in [3.8, 4) is 0 Å². The van der Waals surface area contributed by atoms with E-state index in [1.165, 1.54) is 10.8 Å². The fourth-order valence-corrected chi connectivity index (χ4v) is 3.07. The van der Waals surface area contributed by atoms with E-state index in [0.717, 1.165) is 6.33 Å². The van der Waals surface area contributed by atoms with Crippen LogP contribution < -0.4 is 16.6 Å². The largest absolute Gasteiger partial charge is 0.387 e. The molecule has 142 valence electrons. The van der Waals surface area contributed by atoms with Crippen LogP contribution in [0.4, 0.5) is 5.82 Å². The Balaban J connectivity index is 1.99. The molecule has 0 aromatic carbocycles. The van der Waals surface area contributed by atoms with Crippen molar-refractivity contribution in [2.45, 2.75) is 24.5 Å². The van der Waals surface area contributed by atoms with Gasteiger partial charge in [-0.3, -0.25) is 8.98 Å². The monoisotopic (exact) mass is 388 g/mol. The zero-order valence-corrected chi connectivity index (χ0v) is 13.9. The van der Waals surface area contributed by atoms with Crippen molar-refractivity contribution < 1.29 is 32.3 Å². The number of rotatable bonds is 5. The Bertz CT molecular complexity index is 960. The lowest BCUT2D eigenvalue weighted by atomic mass is 10.1. The van der Waals surface area contributed by atoms with Gasteiger partial charge < -0.3 is 31.0 Å². The molecule has 0 radical (unpaired) electrons. The van der Waals surface area contributed by atoms with Crippen molar-refractivity contribution in [1.29, 1.82) is 0 Å². The van der Waals surface area contributed by atoms with Crippen LogP contribution in [0, 0.1) is 0 Å². The van der Waals surface area contributed by atoms with Crippen molar-refractivity contribution in [3.63, 3.8) is 0 Å². The Kier molecular flexibility index (Phi) is 4.55. The molecule has 13 nitrogen and oxygen atoms in total. The van der Waals surface area contributed by atoms with Crippen molar-refractivity contribution in [1.82, 2.24) is 14.5 Å². The number of aromatic nitrogens is 3. The van der Waals surface area contributed by atoms with Gasteiger partial charge in [-0.1, -0.05) is 0 Å². The predicted octanol–water partition coefficient (Wildman–Crippen LogP) is -3.05. The van der Waals surface area contributed by atoms with E-state index in [0.29, 0.717) is 0 Å². The summed E-state index contributed by atoms with van der Waals surface area (Å²) in [4.78, 5) is 19.5. The maximum atomic E-state index is 11.7. The zero-order valence-electron chi connectivity index (χ0n) is 13.1. The lowest BCUT2D eigenvalue weighted by molar-refractivity contribution is -0.0465. The van der Waals surface area contributed by atoms with Gasteiger partial charge in [0.2, 0.25) is 0 Å². The first-order valence-electron chi connectivity index (χ1n) is 7.19. The summed E-state index contributed by atoms with van der Waals surface area (Å²) in [6.45, 7) is -0.618. The van der Waals surface area contributed by atoms with Crippen LogP contribution in [-0.2, 0) is 19.2 Å². The first kappa shape index (κ1) is 18.4. The topological polar surface area (TPSA) is 219 Å². The molecule has 0 saturated carbocycles. The molecule has 3 heterocycles. The van der Waals surface area contributed by atoms with Gasteiger partial charge in [-0.25, -0.2) is 15.1 Å². The van der Waals surface area contributed by atoms with Crippen LogP contribution in [0.1, 0.15) is 16.6 Å². The van der Waals surface area contributed by atoms with E-state index in [1.807, 2.05) is 0 Å². The number of aliphatic hydroxyl groups is 2. The van der Waals surface area contributed by atoms with Crippen LogP contribution in [0.15, 0.2) is 12.5 Å². The van der Waals surface area contributed by atoms with E-state index in [9.17, 15) is 23.4 Å². The van der Waals surface area contributed by atoms with Crippen molar-refractivity contribution in [3.05, 3.63) is 18.1 Å². The maximum absolute atomic E-state index is 11.7. The van der Waals surface area contributed by atoms with E-state index >= 15 is 0 Å². The molecule has 2 aromatic rings. The molecule has 3 rings (SSSR count). The molecule has 26 heavy (non-hydrogen) atoms. The van der Waals surface area contributed by atoms with E-state index in [1.54, 1.807) is 0 Å². The molecule has 4 atom stereocenters. The minimum Gasteiger partial charge on any atom is -0.387 e. The number of amides is 1. The summed E-state index contributed by atoms with van der Waals surface area (Å²) < 4.78 is 32.9. The van der Waals surface area contributed by atoms with Crippen LogP contribution in [0.3, 0.4) is 0 Å². The number of nitrogens with zero attached hydrogens (tertiary/aromatic N) is 3. The number of nitrogens with two attached hydrogens (primary N) is 3. The minimum atomic E-state index is -4.26. The van der Waals surface area contributed by atoms with Gasteiger partial charge in [0.25, 0.3) is 5.91 Å². The molecule has 1 fully saturated rings. The lowest BCUT2D eigenvalue weighted by Gasteiger charge is -2.17. The zero-order chi connectivity index (χ0) is 19.2. The summed E-state index contributed by atoms with van der Waals surface area (Å²) in [5.41, 5.74) is 11.2. The Labute approximate surface area is 146 Å². The number of fused-ring (bicyclic) bond motifs is 1. The average molecular weight is 388 g/mol. The number of nitrogen functional groups attached to an aromatic ring is 1. The molecule has 1 aliphatic rings. The second-order valence-corrected chi connectivity index (χ2v) is 6.82. The summed E-state index contributed by atoms with van der Waals surface area (Å²) in [6.07, 6.45) is -3.02. The first-order valence-corrected chi connectivity index (χ1v) is 8.67. The molecule has 14 heteroatoms. The van der Waals surface area contributed by atoms with Gasteiger partial charge in [-0.05, 0) is 0 Å². The minimum absolute atomic E-state index is 0.00683.